The SMILES string of the molecule is CCNC(=O)c1cccc(CNC(=NC)N(C)CCc2cccs2)c1.I. The van der Waals surface area contributed by atoms with Gasteiger partial charge in [0.1, 0.15) is 0 Å². The molecule has 7 heteroatoms. The van der Waals surface area contributed by atoms with Gasteiger partial charge in [-0.1, -0.05) is 18.2 Å². The van der Waals surface area contributed by atoms with E-state index in [9.17, 15) is 4.79 Å². The summed E-state index contributed by atoms with van der Waals surface area (Å²) in [5.74, 6) is 0.807. The number of aliphatic imine (C=N–C) groups is 1. The lowest BCUT2D eigenvalue weighted by Gasteiger charge is -2.22. The number of nitrogens with one attached hydrogen (secondary N) is 2. The molecule has 1 aromatic heterocycles. The second kappa shape index (κ2) is 11.9. The summed E-state index contributed by atoms with van der Waals surface area (Å²) in [5, 5.41) is 8.29. The van der Waals surface area contributed by atoms with Crippen molar-refractivity contribution in [1.29, 1.82) is 0 Å². The van der Waals surface area contributed by atoms with Crippen LogP contribution in [0.3, 0.4) is 0 Å². The van der Waals surface area contributed by atoms with Crippen LogP contribution in [-0.4, -0.2) is 44.0 Å². The maximum Gasteiger partial charge on any atom is 0.251 e. The van der Waals surface area contributed by atoms with Crippen LogP contribution in [0.25, 0.3) is 0 Å². The molecule has 0 saturated carbocycles. The first-order chi connectivity index (χ1) is 12.1. The van der Waals surface area contributed by atoms with E-state index >= 15 is 0 Å². The summed E-state index contributed by atoms with van der Waals surface area (Å²) >= 11 is 1.78. The Labute approximate surface area is 176 Å². The molecule has 2 aromatic rings. The van der Waals surface area contributed by atoms with Gasteiger partial charge in [-0.15, -0.1) is 35.3 Å². The fraction of sp³-hybridized carbons (Fsp3) is 0.368. The van der Waals surface area contributed by atoms with Gasteiger partial charge in [0, 0.05) is 44.2 Å². The molecule has 0 aliphatic carbocycles. The zero-order chi connectivity index (χ0) is 18.1. The minimum atomic E-state index is -0.0400. The zero-order valence-electron chi connectivity index (χ0n) is 15.5. The van der Waals surface area contributed by atoms with Crippen LogP contribution in [0.1, 0.15) is 27.7 Å². The van der Waals surface area contributed by atoms with Crippen LogP contribution >= 0.6 is 35.3 Å². The molecule has 0 fully saturated rings. The first-order valence-electron chi connectivity index (χ1n) is 8.45. The molecule has 0 spiro atoms. The Hall–Kier alpha value is -1.61. The van der Waals surface area contributed by atoms with Crippen molar-refractivity contribution in [3.05, 3.63) is 57.8 Å². The maximum atomic E-state index is 11.9. The van der Waals surface area contributed by atoms with Gasteiger partial charge >= 0.3 is 0 Å². The van der Waals surface area contributed by atoms with Crippen molar-refractivity contribution in [2.24, 2.45) is 4.99 Å². The highest BCUT2D eigenvalue weighted by atomic mass is 127. The Bertz CT molecular complexity index is 703. The van der Waals surface area contributed by atoms with Crippen LogP contribution in [-0.2, 0) is 13.0 Å². The van der Waals surface area contributed by atoms with Gasteiger partial charge < -0.3 is 15.5 Å². The van der Waals surface area contributed by atoms with E-state index in [1.54, 1.807) is 18.4 Å². The Morgan fingerprint density at radius 3 is 2.69 bits per heavy atom. The number of carbonyl (C=O) groups excluding carboxylic acids is 1. The van der Waals surface area contributed by atoms with Crippen LogP contribution in [0.5, 0.6) is 0 Å². The molecule has 2 N–H and O–H groups in total. The number of guanidine groups is 1. The monoisotopic (exact) mass is 486 g/mol. The number of nitrogens with zero attached hydrogens (tertiary/aromatic N) is 2. The van der Waals surface area contributed by atoms with E-state index in [0.717, 1.165) is 24.5 Å². The normalized spacial score (nSPS) is 10.8. The average Bonchev–Trinajstić information content (AvgIpc) is 3.14. The Morgan fingerprint density at radius 1 is 1.23 bits per heavy atom. The minimum absolute atomic E-state index is 0. The van der Waals surface area contributed by atoms with Crippen LogP contribution in [0.4, 0.5) is 0 Å². The lowest BCUT2D eigenvalue weighted by Crippen LogP contribution is -2.39. The minimum Gasteiger partial charge on any atom is -0.352 e. The molecule has 26 heavy (non-hydrogen) atoms. The molecule has 0 unspecified atom stereocenters. The number of halogens is 1. The molecular formula is C19H27IN4OS. The van der Waals surface area contributed by atoms with E-state index in [1.807, 2.05) is 38.2 Å². The summed E-state index contributed by atoms with van der Waals surface area (Å²) in [6, 6.07) is 11.9. The molecular weight excluding hydrogens is 459 g/mol. The van der Waals surface area contributed by atoms with E-state index in [1.165, 1.54) is 4.88 Å². The van der Waals surface area contributed by atoms with E-state index < -0.39 is 0 Å². The van der Waals surface area contributed by atoms with Crippen LogP contribution in [0, 0.1) is 0 Å². The molecule has 0 bridgehead atoms. The third kappa shape index (κ3) is 6.95. The average molecular weight is 486 g/mol. The van der Waals surface area contributed by atoms with Crippen molar-refractivity contribution in [1.82, 2.24) is 15.5 Å². The van der Waals surface area contributed by atoms with Gasteiger partial charge in [-0.2, -0.15) is 0 Å². The number of benzene rings is 1. The van der Waals surface area contributed by atoms with Gasteiger partial charge in [-0.25, -0.2) is 0 Å². The van der Waals surface area contributed by atoms with Crippen molar-refractivity contribution in [2.75, 3.05) is 27.2 Å². The second-order valence-electron chi connectivity index (χ2n) is 5.71. The van der Waals surface area contributed by atoms with Crippen molar-refractivity contribution >= 4 is 47.2 Å². The number of hydrogen-bond acceptors (Lipinski definition) is 3. The maximum absolute atomic E-state index is 11.9. The predicted octanol–water partition coefficient (Wildman–Crippen LogP) is 3.37. The van der Waals surface area contributed by atoms with Gasteiger partial charge in [0.2, 0.25) is 0 Å². The van der Waals surface area contributed by atoms with Crippen molar-refractivity contribution in [3.8, 4) is 0 Å². The lowest BCUT2D eigenvalue weighted by molar-refractivity contribution is 0.0955. The molecule has 0 radical (unpaired) electrons. The highest BCUT2D eigenvalue weighted by Gasteiger charge is 2.08. The van der Waals surface area contributed by atoms with Crippen molar-refractivity contribution < 1.29 is 4.79 Å². The van der Waals surface area contributed by atoms with Crippen molar-refractivity contribution in [3.63, 3.8) is 0 Å². The van der Waals surface area contributed by atoms with Gasteiger partial charge in [0.25, 0.3) is 5.91 Å². The number of likely N-dealkylation sites (N-methyl/N-ethyl adjacent to an activating group) is 1. The molecule has 1 heterocycles. The molecule has 5 nitrogen and oxygen atoms in total. The number of amides is 1. The molecule has 0 aliphatic rings. The summed E-state index contributed by atoms with van der Waals surface area (Å²) in [6.07, 6.45) is 1.00. The molecule has 1 amide bonds. The fourth-order valence-electron chi connectivity index (χ4n) is 2.49. The number of carbonyl (C=O) groups is 1. The number of rotatable bonds is 7. The van der Waals surface area contributed by atoms with E-state index in [4.69, 9.17) is 0 Å². The third-order valence-corrected chi connectivity index (χ3v) is 4.76. The van der Waals surface area contributed by atoms with Crippen LogP contribution in [0.2, 0.25) is 0 Å². The van der Waals surface area contributed by atoms with E-state index in [0.29, 0.717) is 18.7 Å². The first-order valence-corrected chi connectivity index (χ1v) is 9.33. The molecule has 142 valence electrons. The van der Waals surface area contributed by atoms with Gasteiger partial charge in [-0.05, 0) is 42.5 Å². The summed E-state index contributed by atoms with van der Waals surface area (Å²) in [5.41, 5.74) is 1.73. The Morgan fingerprint density at radius 2 is 2.04 bits per heavy atom. The quantitative estimate of drug-likeness (QED) is 0.359. The van der Waals surface area contributed by atoms with Crippen molar-refractivity contribution in [2.45, 2.75) is 19.9 Å². The molecule has 0 saturated heterocycles. The standard InChI is InChI=1S/C19H26N4OS.HI/c1-4-21-18(24)16-8-5-7-15(13-16)14-22-19(20-2)23(3)11-10-17-9-6-12-25-17;/h5-9,12-13H,4,10-11,14H2,1-3H3,(H,20,22)(H,21,24);1H. The predicted molar refractivity (Wildman–Crippen MR) is 121 cm³/mol. The second-order valence-corrected chi connectivity index (χ2v) is 6.74. The summed E-state index contributed by atoms with van der Waals surface area (Å²) < 4.78 is 0. The highest BCUT2D eigenvalue weighted by Crippen LogP contribution is 2.10. The van der Waals surface area contributed by atoms with E-state index in [-0.39, 0.29) is 29.9 Å². The molecule has 0 atom stereocenters. The Balaban J connectivity index is 0.00000338. The zero-order valence-corrected chi connectivity index (χ0v) is 18.6. The fourth-order valence-corrected chi connectivity index (χ4v) is 3.19. The highest BCUT2D eigenvalue weighted by molar-refractivity contribution is 14.0. The topological polar surface area (TPSA) is 56.7 Å². The number of thiophene rings is 1. The first kappa shape index (κ1) is 22.4. The third-order valence-electron chi connectivity index (χ3n) is 3.82. The van der Waals surface area contributed by atoms with E-state index in [2.05, 4.69) is 38.0 Å². The van der Waals surface area contributed by atoms with Crippen LogP contribution < -0.4 is 10.6 Å². The van der Waals surface area contributed by atoms with Gasteiger partial charge in [-0.3, -0.25) is 9.79 Å². The van der Waals surface area contributed by atoms with Gasteiger partial charge in [0.15, 0.2) is 5.96 Å². The Kier molecular flexibility index (Phi) is 10.3. The molecule has 2 rings (SSSR count). The summed E-state index contributed by atoms with van der Waals surface area (Å²) in [6.45, 7) is 4.07. The molecule has 1 aromatic carbocycles. The number of hydrogen-bond donors (Lipinski definition) is 2. The van der Waals surface area contributed by atoms with Crippen LogP contribution in [0.15, 0.2) is 46.8 Å². The molecule has 0 aliphatic heterocycles. The van der Waals surface area contributed by atoms with Gasteiger partial charge in [0.05, 0.1) is 0 Å². The summed E-state index contributed by atoms with van der Waals surface area (Å²) in [4.78, 5) is 19.8. The lowest BCUT2D eigenvalue weighted by atomic mass is 10.1. The summed E-state index contributed by atoms with van der Waals surface area (Å²) in [7, 11) is 3.82. The smallest absolute Gasteiger partial charge is 0.251 e. The largest absolute Gasteiger partial charge is 0.352 e.